The average molecular weight is 420 g/mol. The number of benzene rings is 2. The van der Waals surface area contributed by atoms with Gasteiger partial charge >= 0.3 is 0 Å². The normalized spacial score (nSPS) is 11.0. The Bertz CT molecular complexity index is 1180. The van der Waals surface area contributed by atoms with Crippen LogP contribution in [0.1, 0.15) is 17.0 Å². The Balaban J connectivity index is 0.00000124. The fourth-order valence-corrected chi connectivity index (χ4v) is 3.35. The first-order chi connectivity index (χ1) is 14.7. The van der Waals surface area contributed by atoms with Gasteiger partial charge in [-0.3, -0.25) is 0 Å². The van der Waals surface area contributed by atoms with Gasteiger partial charge in [-0.2, -0.15) is 4.21 Å². The summed E-state index contributed by atoms with van der Waals surface area (Å²) in [5.74, 6) is 0.792. The van der Waals surface area contributed by atoms with E-state index in [1.54, 1.807) is 13.2 Å². The van der Waals surface area contributed by atoms with Crippen molar-refractivity contribution in [1.29, 1.82) is 0 Å². The number of methoxy groups -OCH3 is 1. The lowest BCUT2D eigenvalue weighted by Gasteiger charge is -2.07. The number of pyridine rings is 1. The van der Waals surface area contributed by atoms with E-state index < -0.39 is 0 Å². The number of nitrogens with zero attached hydrogens (tertiary/aromatic N) is 2. The first kappa shape index (κ1) is 20.9. The van der Waals surface area contributed by atoms with E-state index in [1.807, 2.05) is 42.5 Å². The second-order valence-electron chi connectivity index (χ2n) is 6.43. The zero-order chi connectivity index (χ0) is 21.5. The molecule has 2 aromatic carbocycles. The van der Waals surface area contributed by atoms with Gasteiger partial charge < -0.3 is 20.7 Å². The molecule has 0 amide bonds. The molecule has 2 heterocycles. The van der Waals surface area contributed by atoms with Crippen LogP contribution in [0.4, 0.5) is 0 Å². The van der Waals surface area contributed by atoms with Crippen molar-refractivity contribution in [2.24, 2.45) is 10.9 Å². The smallest absolute Gasteiger partial charge is 0.197 e. The minimum atomic E-state index is -0.00574. The van der Waals surface area contributed by atoms with Gasteiger partial charge in [0.05, 0.1) is 12.8 Å². The van der Waals surface area contributed by atoms with Crippen LogP contribution in [0.25, 0.3) is 22.2 Å². The highest BCUT2D eigenvalue weighted by atomic mass is 32.1. The van der Waals surface area contributed by atoms with Gasteiger partial charge in [0.1, 0.15) is 11.4 Å². The summed E-state index contributed by atoms with van der Waals surface area (Å²) in [6.45, 7) is 0. The topological polar surface area (TPSA) is 114 Å². The second-order valence-corrected chi connectivity index (χ2v) is 6.43. The summed E-state index contributed by atoms with van der Waals surface area (Å²) < 4.78 is 13.2. The average Bonchev–Trinajstić information content (AvgIpc) is 3.18. The van der Waals surface area contributed by atoms with Crippen molar-refractivity contribution in [3.05, 3.63) is 83.7 Å². The van der Waals surface area contributed by atoms with E-state index in [9.17, 15) is 0 Å². The maximum Gasteiger partial charge on any atom is 0.197 e. The zero-order valence-electron chi connectivity index (χ0n) is 16.2. The predicted octanol–water partition coefficient (Wildman–Crippen LogP) is 3.59. The summed E-state index contributed by atoms with van der Waals surface area (Å²) in [5, 5.41) is 13.1. The van der Waals surface area contributed by atoms with Gasteiger partial charge in [0.2, 0.25) is 0 Å². The summed E-state index contributed by atoms with van der Waals surface area (Å²) in [4.78, 5) is 8.07. The molecule has 0 aliphatic heterocycles. The first-order valence-corrected chi connectivity index (χ1v) is 9.37. The fourth-order valence-electron chi connectivity index (χ4n) is 3.35. The number of ether oxygens (including phenoxy) is 1. The lowest BCUT2D eigenvalue weighted by atomic mass is 10.0. The van der Waals surface area contributed by atoms with Gasteiger partial charge in [-0.1, -0.05) is 41.6 Å². The molecule has 152 valence electrons. The molecule has 30 heavy (non-hydrogen) atoms. The van der Waals surface area contributed by atoms with Crippen molar-refractivity contribution in [2.45, 2.75) is 6.42 Å². The van der Waals surface area contributed by atoms with E-state index >= 15 is 0 Å². The summed E-state index contributed by atoms with van der Waals surface area (Å²) in [6, 6.07) is 21.7. The van der Waals surface area contributed by atoms with Crippen LogP contribution in [0.2, 0.25) is 0 Å². The van der Waals surface area contributed by atoms with Crippen LogP contribution in [0.15, 0.2) is 71.9 Å². The van der Waals surface area contributed by atoms with Crippen molar-refractivity contribution >= 4 is 29.3 Å². The third-order valence-corrected chi connectivity index (χ3v) is 4.71. The number of H-pyrrole nitrogens is 1. The van der Waals surface area contributed by atoms with Crippen LogP contribution >= 0.6 is 0 Å². The number of nitrogens with one attached hydrogen (secondary N) is 1. The Hall–Kier alpha value is -3.78. The van der Waals surface area contributed by atoms with Crippen molar-refractivity contribution < 1.29 is 14.2 Å². The Morgan fingerprint density at radius 2 is 1.90 bits per heavy atom. The number of amidine groups is 1. The zero-order valence-corrected chi connectivity index (χ0v) is 17.0. The fraction of sp³-hybridized carbons (Fsp3) is 0.0909. The molecular weight excluding hydrogens is 400 g/mol. The molecule has 0 aliphatic carbocycles. The Morgan fingerprint density at radius 1 is 1.13 bits per heavy atom. The number of nitrogens with two attached hydrogens (primary N) is 1. The van der Waals surface area contributed by atoms with E-state index in [2.05, 4.69) is 45.9 Å². The Morgan fingerprint density at radius 3 is 2.60 bits per heavy atom. The van der Waals surface area contributed by atoms with E-state index in [0.29, 0.717) is 12.1 Å². The molecule has 0 spiro atoms. The molecule has 0 bridgehead atoms. The van der Waals surface area contributed by atoms with E-state index in [0.717, 1.165) is 39.2 Å². The molecule has 0 unspecified atom stereocenters. The number of hydrogen-bond acceptors (Lipinski definition) is 6. The van der Waals surface area contributed by atoms with Crippen LogP contribution in [0, 0.1) is 0 Å². The van der Waals surface area contributed by atoms with Crippen LogP contribution < -0.4 is 10.5 Å². The number of hydrogen-bond donors (Lipinski definition) is 3. The lowest BCUT2D eigenvalue weighted by Crippen LogP contribution is -2.15. The molecule has 8 heteroatoms. The molecule has 7 nitrogen and oxygen atoms in total. The number of oxime groups is 1. The van der Waals surface area contributed by atoms with Crippen molar-refractivity contribution in [3.8, 4) is 17.0 Å². The maximum atomic E-state index is 8.93. The molecule has 0 aliphatic rings. The molecule has 4 aromatic rings. The monoisotopic (exact) mass is 420 g/mol. The lowest BCUT2D eigenvalue weighted by molar-refractivity contribution is 0.318. The number of aromatic nitrogens is 2. The van der Waals surface area contributed by atoms with Gasteiger partial charge in [0, 0.05) is 29.1 Å². The second kappa shape index (κ2) is 9.62. The molecule has 2 aromatic heterocycles. The van der Waals surface area contributed by atoms with Gasteiger partial charge in [-0.25, -0.2) is 4.98 Å². The third kappa shape index (κ3) is 4.28. The van der Waals surface area contributed by atoms with E-state index in [4.69, 9.17) is 19.9 Å². The summed E-state index contributed by atoms with van der Waals surface area (Å²) in [6.07, 6.45) is 0.600. The highest BCUT2D eigenvalue weighted by Gasteiger charge is 2.15. The van der Waals surface area contributed by atoms with Gasteiger partial charge in [-0.15, -0.1) is 0 Å². The minimum absolute atomic E-state index is 0.00574. The van der Waals surface area contributed by atoms with Crippen LogP contribution in [0.5, 0.6) is 5.75 Å². The molecule has 0 saturated heterocycles. The molecule has 4 rings (SSSR count). The molecular formula is C22H20N4O3S. The summed E-state index contributed by atoms with van der Waals surface area (Å²) in [7, 11) is 1.66. The molecule has 0 radical (unpaired) electrons. The Kier molecular flexibility index (Phi) is 6.71. The quantitative estimate of drug-likeness (QED) is 0.197. The first-order valence-electron chi connectivity index (χ1n) is 9.04. The highest BCUT2D eigenvalue weighted by Crippen LogP contribution is 2.33. The van der Waals surface area contributed by atoms with Crippen LogP contribution in [-0.4, -0.2) is 32.3 Å². The van der Waals surface area contributed by atoms with Crippen molar-refractivity contribution in [3.63, 3.8) is 0 Å². The number of aromatic amines is 1. The van der Waals surface area contributed by atoms with Crippen molar-refractivity contribution in [1.82, 2.24) is 9.97 Å². The third-order valence-electron chi connectivity index (χ3n) is 4.71. The SMILES string of the molecule is COc1ccc2c(Cc3cccc(/C(N)=N/O)n3)c(-c3ccccc3)[nH]c2c1.O=S. The molecule has 0 saturated carbocycles. The van der Waals surface area contributed by atoms with E-state index in [-0.39, 0.29) is 5.84 Å². The number of rotatable bonds is 5. The Labute approximate surface area is 178 Å². The largest absolute Gasteiger partial charge is 0.497 e. The predicted molar refractivity (Wildman–Crippen MR) is 118 cm³/mol. The number of fused-ring (bicyclic) bond motifs is 1. The molecule has 0 atom stereocenters. The molecule has 0 fully saturated rings. The molecule has 4 N–H and O–H groups in total. The highest BCUT2D eigenvalue weighted by molar-refractivity contribution is 7.44. The van der Waals surface area contributed by atoms with Crippen molar-refractivity contribution in [2.75, 3.05) is 7.11 Å². The maximum absolute atomic E-state index is 8.93. The van der Waals surface area contributed by atoms with Crippen LogP contribution in [0.3, 0.4) is 0 Å². The van der Waals surface area contributed by atoms with Gasteiger partial charge in [-0.05, 0) is 35.4 Å². The summed E-state index contributed by atoms with van der Waals surface area (Å²) in [5.41, 5.74) is 11.2. The van der Waals surface area contributed by atoms with Gasteiger partial charge in [0.25, 0.3) is 0 Å². The summed E-state index contributed by atoms with van der Waals surface area (Å²) >= 11 is 2.83. The van der Waals surface area contributed by atoms with Crippen LogP contribution in [-0.2, 0) is 19.0 Å². The van der Waals surface area contributed by atoms with Gasteiger partial charge in [0.15, 0.2) is 18.4 Å². The van der Waals surface area contributed by atoms with E-state index in [1.165, 1.54) is 0 Å². The minimum Gasteiger partial charge on any atom is -0.497 e. The standard InChI is InChI=1S/C22H20N4O2.OS/c1-28-16-10-11-17-18(12-15-8-5-9-19(24-15)22(23)26-27)21(25-20(17)13-16)14-6-3-2-4-7-14;1-2/h2-11,13,25,27H,12H2,1H3,(H2,23,26);.